The number of benzene rings is 2. The van der Waals surface area contributed by atoms with Gasteiger partial charge in [-0.15, -0.1) is 0 Å². The van der Waals surface area contributed by atoms with Gasteiger partial charge in [-0.05, 0) is 43.8 Å². The normalized spacial score (nSPS) is 11.8. The SMILES string of the molecule is CC(C(=O)Nc1cccc(C#N)c1)N(C)Cc1ccccc1Cl. The smallest absolute Gasteiger partial charge is 0.241 e. The van der Waals surface area contributed by atoms with Crippen LogP contribution in [-0.4, -0.2) is 23.9 Å². The lowest BCUT2D eigenvalue weighted by molar-refractivity contribution is -0.120. The molecule has 0 spiro atoms. The highest BCUT2D eigenvalue weighted by atomic mass is 35.5. The van der Waals surface area contributed by atoms with E-state index >= 15 is 0 Å². The Morgan fingerprint density at radius 3 is 2.74 bits per heavy atom. The van der Waals surface area contributed by atoms with Crippen molar-refractivity contribution in [3.63, 3.8) is 0 Å². The number of rotatable bonds is 5. The van der Waals surface area contributed by atoms with Crippen LogP contribution in [0.3, 0.4) is 0 Å². The largest absolute Gasteiger partial charge is 0.325 e. The molecule has 5 heteroatoms. The molecule has 4 nitrogen and oxygen atoms in total. The maximum absolute atomic E-state index is 12.4. The molecule has 0 aliphatic heterocycles. The second kappa shape index (κ2) is 7.77. The van der Waals surface area contributed by atoms with Gasteiger partial charge in [0.15, 0.2) is 0 Å². The molecule has 0 fully saturated rings. The Labute approximate surface area is 141 Å². The predicted molar refractivity (Wildman–Crippen MR) is 92.2 cm³/mol. The third kappa shape index (κ3) is 4.56. The Kier molecular flexibility index (Phi) is 5.75. The zero-order chi connectivity index (χ0) is 16.8. The number of nitrogens with zero attached hydrogens (tertiary/aromatic N) is 2. The van der Waals surface area contributed by atoms with E-state index in [1.807, 2.05) is 43.1 Å². The second-order valence-electron chi connectivity index (χ2n) is 5.36. The molecular formula is C18H18ClN3O. The van der Waals surface area contributed by atoms with Crippen molar-refractivity contribution >= 4 is 23.2 Å². The highest BCUT2D eigenvalue weighted by molar-refractivity contribution is 6.31. The minimum Gasteiger partial charge on any atom is -0.325 e. The topological polar surface area (TPSA) is 56.1 Å². The minimum absolute atomic E-state index is 0.130. The molecule has 0 heterocycles. The van der Waals surface area contributed by atoms with Gasteiger partial charge in [0.25, 0.3) is 0 Å². The van der Waals surface area contributed by atoms with Crippen LogP contribution in [0.4, 0.5) is 5.69 Å². The number of nitrogens with one attached hydrogen (secondary N) is 1. The Bertz CT molecular complexity index is 739. The van der Waals surface area contributed by atoms with Gasteiger partial charge >= 0.3 is 0 Å². The zero-order valence-corrected chi connectivity index (χ0v) is 13.8. The van der Waals surface area contributed by atoms with Gasteiger partial charge in [-0.3, -0.25) is 9.69 Å². The quantitative estimate of drug-likeness (QED) is 0.911. The Hall–Kier alpha value is -2.35. The van der Waals surface area contributed by atoms with Crippen LogP contribution >= 0.6 is 11.6 Å². The molecule has 0 saturated carbocycles. The van der Waals surface area contributed by atoms with Crippen LogP contribution in [-0.2, 0) is 11.3 Å². The number of halogens is 1. The first kappa shape index (κ1) is 17.0. The van der Waals surface area contributed by atoms with Crippen molar-refractivity contribution in [2.75, 3.05) is 12.4 Å². The zero-order valence-electron chi connectivity index (χ0n) is 13.1. The fourth-order valence-corrected chi connectivity index (χ4v) is 2.34. The molecular weight excluding hydrogens is 310 g/mol. The molecule has 1 unspecified atom stereocenters. The average molecular weight is 328 g/mol. The van der Waals surface area contributed by atoms with Crippen LogP contribution in [0.15, 0.2) is 48.5 Å². The summed E-state index contributed by atoms with van der Waals surface area (Å²) in [6.45, 7) is 2.41. The summed E-state index contributed by atoms with van der Waals surface area (Å²) in [6, 6.07) is 16.2. The fourth-order valence-electron chi connectivity index (χ4n) is 2.15. The van der Waals surface area contributed by atoms with E-state index in [-0.39, 0.29) is 11.9 Å². The van der Waals surface area contributed by atoms with Crippen molar-refractivity contribution in [1.29, 1.82) is 5.26 Å². The van der Waals surface area contributed by atoms with E-state index in [0.29, 0.717) is 22.8 Å². The van der Waals surface area contributed by atoms with Crippen LogP contribution in [0.2, 0.25) is 5.02 Å². The number of amides is 1. The summed E-state index contributed by atoms with van der Waals surface area (Å²) in [5, 5.41) is 12.4. The second-order valence-corrected chi connectivity index (χ2v) is 5.77. The average Bonchev–Trinajstić information content (AvgIpc) is 2.56. The predicted octanol–water partition coefficient (Wildman–Crippen LogP) is 3.67. The first-order valence-electron chi connectivity index (χ1n) is 7.26. The van der Waals surface area contributed by atoms with E-state index in [9.17, 15) is 4.79 Å². The summed E-state index contributed by atoms with van der Waals surface area (Å²) in [5.41, 5.74) is 2.11. The fraction of sp³-hybridized carbons (Fsp3) is 0.222. The van der Waals surface area contributed by atoms with Crippen LogP contribution in [0.5, 0.6) is 0 Å². The molecule has 1 N–H and O–H groups in total. The molecule has 0 aromatic heterocycles. The third-order valence-electron chi connectivity index (χ3n) is 3.68. The minimum atomic E-state index is -0.336. The van der Waals surface area contributed by atoms with Crippen LogP contribution in [0.25, 0.3) is 0 Å². The highest BCUT2D eigenvalue weighted by Crippen LogP contribution is 2.18. The van der Waals surface area contributed by atoms with Crippen LogP contribution in [0, 0.1) is 11.3 Å². The number of nitriles is 1. The lowest BCUT2D eigenvalue weighted by Crippen LogP contribution is -2.39. The maximum atomic E-state index is 12.4. The number of carbonyl (C=O) groups excluding carboxylic acids is 1. The molecule has 0 aliphatic carbocycles. The molecule has 2 aromatic rings. The van der Waals surface area contributed by atoms with Crippen molar-refractivity contribution in [2.45, 2.75) is 19.5 Å². The molecule has 23 heavy (non-hydrogen) atoms. The number of hydrogen-bond donors (Lipinski definition) is 1. The molecule has 118 valence electrons. The molecule has 0 saturated heterocycles. The summed E-state index contributed by atoms with van der Waals surface area (Å²) in [7, 11) is 1.87. The van der Waals surface area contributed by atoms with Crippen molar-refractivity contribution in [2.24, 2.45) is 0 Å². The van der Waals surface area contributed by atoms with E-state index in [1.165, 1.54) is 0 Å². The Morgan fingerprint density at radius 1 is 1.30 bits per heavy atom. The van der Waals surface area contributed by atoms with Gasteiger partial charge in [-0.2, -0.15) is 5.26 Å². The Morgan fingerprint density at radius 2 is 2.04 bits per heavy atom. The molecule has 2 rings (SSSR count). The van der Waals surface area contributed by atoms with Gasteiger partial charge in [-0.1, -0.05) is 35.9 Å². The lowest BCUT2D eigenvalue weighted by atomic mass is 10.1. The maximum Gasteiger partial charge on any atom is 0.241 e. The van der Waals surface area contributed by atoms with Crippen LogP contribution in [0.1, 0.15) is 18.1 Å². The third-order valence-corrected chi connectivity index (χ3v) is 4.05. The van der Waals surface area contributed by atoms with E-state index in [1.54, 1.807) is 24.3 Å². The van der Waals surface area contributed by atoms with Gasteiger partial charge in [0.05, 0.1) is 17.7 Å². The summed E-state index contributed by atoms with van der Waals surface area (Å²) in [6.07, 6.45) is 0. The highest BCUT2D eigenvalue weighted by Gasteiger charge is 2.19. The molecule has 0 bridgehead atoms. The Balaban J connectivity index is 2.01. The van der Waals surface area contributed by atoms with Gasteiger partial charge in [-0.25, -0.2) is 0 Å². The molecule has 0 aliphatic rings. The summed E-state index contributed by atoms with van der Waals surface area (Å²) < 4.78 is 0. The molecule has 2 aromatic carbocycles. The lowest BCUT2D eigenvalue weighted by Gasteiger charge is -2.24. The first-order chi connectivity index (χ1) is 11.0. The van der Waals surface area contributed by atoms with Crippen molar-refractivity contribution in [3.8, 4) is 6.07 Å². The van der Waals surface area contributed by atoms with E-state index in [0.717, 1.165) is 5.56 Å². The van der Waals surface area contributed by atoms with E-state index < -0.39 is 0 Å². The summed E-state index contributed by atoms with van der Waals surface area (Å²) in [5.74, 6) is -0.130. The van der Waals surface area contributed by atoms with Crippen molar-refractivity contribution < 1.29 is 4.79 Å². The van der Waals surface area contributed by atoms with Gasteiger partial charge in [0.2, 0.25) is 5.91 Å². The van der Waals surface area contributed by atoms with Gasteiger partial charge in [0.1, 0.15) is 0 Å². The monoisotopic (exact) mass is 327 g/mol. The van der Waals surface area contributed by atoms with E-state index in [4.69, 9.17) is 16.9 Å². The van der Waals surface area contributed by atoms with Crippen molar-refractivity contribution in [1.82, 2.24) is 4.90 Å². The first-order valence-corrected chi connectivity index (χ1v) is 7.63. The van der Waals surface area contributed by atoms with Gasteiger partial charge < -0.3 is 5.32 Å². The molecule has 0 radical (unpaired) electrons. The number of anilines is 1. The molecule has 1 atom stereocenters. The van der Waals surface area contributed by atoms with Crippen LogP contribution < -0.4 is 5.32 Å². The number of hydrogen-bond acceptors (Lipinski definition) is 3. The summed E-state index contributed by atoms with van der Waals surface area (Å²) >= 11 is 6.16. The summed E-state index contributed by atoms with van der Waals surface area (Å²) in [4.78, 5) is 14.3. The van der Waals surface area contributed by atoms with Crippen molar-refractivity contribution in [3.05, 3.63) is 64.7 Å². The molecule has 1 amide bonds. The van der Waals surface area contributed by atoms with Gasteiger partial charge in [0, 0.05) is 17.3 Å². The van der Waals surface area contributed by atoms with E-state index in [2.05, 4.69) is 11.4 Å². The standard InChI is InChI=1S/C18H18ClN3O/c1-13(22(2)12-15-7-3-4-9-17(15)19)18(23)21-16-8-5-6-14(10-16)11-20/h3-10,13H,12H2,1-2H3,(H,21,23). The number of carbonyl (C=O) groups is 1. The number of likely N-dealkylation sites (N-methyl/N-ethyl adjacent to an activating group) is 1.